The molecule has 1 aliphatic heterocycles. The van der Waals surface area contributed by atoms with E-state index in [1.807, 2.05) is 17.0 Å². The number of furan rings is 1. The third kappa shape index (κ3) is 4.43. The van der Waals surface area contributed by atoms with Crippen LogP contribution in [0.5, 0.6) is 0 Å². The van der Waals surface area contributed by atoms with Crippen LogP contribution in [0.1, 0.15) is 37.0 Å². The lowest BCUT2D eigenvalue weighted by molar-refractivity contribution is -0.141. The summed E-state index contributed by atoms with van der Waals surface area (Å²) in [6.07, 6.45) is 5.56. The van der Waals surface area contributed by atoms with Crippen molar-refractivity contribution in [2.45, 2.75) is 44.7 Å². The smallest absolute Gasteiger partial charge is 0.228 e. The maximum Gasteiger partial charge on any atom is 0.228 e. The lowest BCUT2D eigenvalue weighted by Crippen LogP contribution is -2.47. The van der Waals surface area contributed by atoms with Gasteiger partial charge in [0.25, 0.3) is 0 Å². The van der Waals surface area contributed by atoms with Crippen LogP contribution < -0.4 is 0 Å². The van der Waals surface area contributed by atoms with Gasteiger partial charge in [-0.05, 0) is 55.5 Å². The van der Waals surface area contributed by atoms with Crippen molar-refractivity contribution >= 4 is 11.8 Å². The Morgan fingerprint density at radius 1 is 1.14 bits per heavy atom. The summed E-state index contributed by atoms with van der Waals surface area (Å²) in [5, 5.41) is 0. The van der Waals surface area contributed by atoms with E-state index in [-0.39, 0.29) is 30.0 Å². The maximum atomic E-state index is 13.2. The molecule has 148 valence electrons. The number of amides is 2. The van der Waals surface area contributed by atoms with Crippen molar-refractivity contribution in [1.29, 1.82) is 0 Å². The van der Waals surface area contributed by atoms with E-state index in [0.29, 0.717) is 25.7 Å². The van der Waals surface area contributed by atoms with Crippen LogP contribution in [-0.2, 0) is 22.6 Å². The molecule has 2 heterocycles. The molecular formula is C22H25FN2O3. The number of piperidine rings is 1. The summed E-state index contributed by atoms with van der Waals surface area (Å²) in [6, 6.07) is 10.0. The molecule has 2 aromatic rings. The topological polar surface area (TPSA) is 53.8 Å². The van der Waals surface area contributed by atoms with E-state index in [2.05, 4.69) is 0 Å². The van der Waals surface area contributed by atoms with Crippen LogP contribution in [0.2, 0.25) is 0 Å². The van der Waals surface area contributed by atoms with Crippen LogP contribution >= 0.6 is 0 Å². The van der Waals surface area contributed by atoms with E-state index in [1.54, 1.807) is 23.3 Å². The Balaban J connectivity index is 1.38. The number of hydrogen-bond acceptors (Lipinski definition) is 3. The van der Waals surface area contributed by atoms with Crippen LogP contribution in [-0.4, -0.2) is 40.7 Å². The van der Waals surface area contributed by atoms with Crippen molar-refractivity contribution in [3.8, 4) is 0 Å². The fraction of sp³-hybridized carbons (Fsp3) is 0.455. The van der Waals surface area contributed by atoms with Crippen molar-refractivity contribution in [1.82, 2.24) is 9.80 Å². The molecule has 0 N–H and O–H groups in total. The number of likely N-dealkylation sites (tertiary alicyclic amines) is 1. The molecule has 1 saturated heterocycles. The molecule has 28 heavy (non-hydrogen) atoms. The summed E-state index contributed by atoms with van der Waals surface area (Å²) >= 11 is 0. The van der Waals surface area contributed by atoms with Crippen molar-refractivity contribution in [3.05, 3.63) is 59.8 Å². The second-order valence-electron chi connectivity index (χ2n) is 7.76. The van der Waals surface area contributed by atoms with E-state index in [4.69, 9.17) is 4.42 Å². The van der Waals surface area contributed by atoms with Crippen molar-refractivity contribution < 1.29 is 18.4 Å². The summed E-state index contributed by atoms with van der Waals surface area (Å²) in [6.45, 7) is 1.63. The van der Waals surface area contributed by atoms with Gasteiger partial charge < -0.3 is 14.2 Å². The zero-order chi connectivity index (χ0) is 19.5. The van der Waals surface area contributed by atoms with Gasteiger partial charge in [0.05, 0.1) is 25.1 Å². The first-order valence-corrected chi connectivity index (χ1v) is 9.95. The van der Waals surface area contributed by atoms with E-state index in [1.165, 1.54) is 12.1 Å². The van der Waals surface area contributed by atoms with Gasteiger partial charge in [-0.25, -0.2) is 4.39 Å². The molecule has 6 heteroatoms. The SMILES string of the molecule is O=C(Cc1ccc(F)cc1)N1CCCC(C(=O)N(Cc2ccco2)C2CC2)C1. The second-order valence-corrected chi connectivity index (χ2v) is 7.76. The number of carbonyl (C=O) groups excluding carboxylic acids is 2. The van der Waals surface area contributed by atoms with E-state index in [0.717, 1.165) is 37.0 Å². The highest BCUT2D eigenvalue weighted by molar-refractivity contribution is 5.82. The zero-order valence-electron chi connectivity index (χ0n) is 15.9. The Morgan fingerprint density at radius 3 is 2.61 bits per heavy atom. The molecule has 1 aromatic carbocycles. The fourth-order valence-corrected chi connectivity index (χ4v) is 3.87. The van der Waals surface area contributed by atoms with Crippen LogP contribution in [0.15, 0.2) is 47.1 Å². The molecule has 1 saturated carbocycles. The van der Waals surface area contributed by atoms with Gasteiger partial charge in [-0.3, -0.25) is 9.59 Å². The second kappa shape index (κ2) is 8.17. The van der Waals surface area contributed by atoms with E-state index >= 15 is 0 Å². The number of benzene rings is 1. The lowest BCUT2D eigenvalue weighted by atomic mass is 9.95. The number of nitrogens with zero attached hydrogens (tertiary/aromatic N) is 2. The summed E-state index contributed by atoms with van der Waals surface area (Å²) < 4.78 is 18.5. The van der Waals surface area contributed by atoms with Crippen LogP contribution in [0, 0.1) is 11.7 Å². The molecule has 1 aromatic heterocycles. The van der Waals surface area contributed by atoms with Crippen LogP contribution in [0.4, 0.5) is 4.39 Å². The first kappa shape index (κ1) is 18.7. The molecule has 2 fully saturated rings. The van der Waals surface area contributed by atoms with Gasteiger partial charge in [-0.2, -0.15) is 0 Å². The molecule has 0 bridgehead atoms. The van der Waals surface area contributed by atoms with Gasteiger partial charge in [0.1, 0.15) is 11.6 Å². The molecule has 1 unspecified atom stereocenters. The average molecular weight is 384 g/mol. The Bertz CT molecular complexity index is 815. The third-order valence-electron chi connectivity index (χ3n) is 5.57. The summed E-state index contributed by atoms with van der Waals surface area (Å²) in [7, 11) is 0. The minimum absolute atomic E-state index is 0.00638. The Morgan fingerprint density at radius 2 is 1.93 bits per heavy atom. The highest BCUT2D eigenvalue weighted by atomic mass is 19.1. The zero-order valence-corrected chi connectivity index (χ0v) is 15.9. The normalized spacial score (nSPS) is 19.5. The van der Waals surface area contributed by atoms with Gasteiger partial charge in [0, 0.05) is 19.1 Å². The van der Waals surface area contributed by atoms with E-state index < -0.39 is 0 Å². The molecule has 1 aliphatic carbocycles. The van der Waals surface area contributed by atoms with Gasteiger partial charge in [0.15, 0.2) is 0 Å². The third-order valence-corrected chi connectivity index (χ3v) is 5.57. The fourth-order valence-electron chi connectivity index (χ4n) is 3.87. The monoisotopic (exact) mass is 384 g/mol. The Labute approximate surface area is 164 Å². The summed E-state index contributed by atoms with van der Waals surface area (Å²) in [5.41, 5.74) is 0.789. The quantitative estimate of drug-likeness (QED) is 0.767. The number of halogens is 1. The highest BCUT2D eigenvalue weighted by Crippen LogP contribution is 2.31. The predicted molar refractivity (Wildman–Crippen MR) is 102 cm³/mol. The lowest BCUT2D eigenvalue weighted by Gasteiger charge is -2.35. The average Bonchev–Trinajstić information content (AvgIpc) is 3.43. The minimum atomic E-state index is -0.309. The molecule has 0 radical (unpaired) electrons. The molecule has 0 spiro atoms. The summed E-state index contributed by atoms with van der Waals surface area (Å²) in [5.74, 6) is 0.435. The van der Waals surface area contributed by atoms with Crippen LogP contribution in [0.3, 0.4) is 0 Å². The molecule has 5 nitrogen and oxygen atoms in total. The first-order chi connectivity index (χ1) is 13.6. The van der Waals surface area contributed by atoms with Crippen molar-refractivity contribution in [2.24, 2.45) is 5.92 Å². The number of carbonyl (C=O) groups is 2. The van der Waals surface area contributed by atoms with E-state index in [9.17, 15) is 14.0 Å². The molecule has 4 rings (SSSR count). The minimum Gasteiger partial charge on any atom is -0.467 e. The predicted octanol–water partition coefficient (Wildman–Crippen LogP) is 3.39. The van der Waals surface area contributed by atoms with Gasteiger partial charge >= 0.3 is 0 Å². The standard InChI is InChI=1S/C22H25FN2O3/c23-18-7-5-16(6-8-18)13-21(26)24-11-1-3-17(14-24)22(27)25(19-9-10-19)15-20-4-2-12-28-20/h2,4-8,12,17,19H,1,3,9-11,13-15H2. The van der Waals surface area contributed by atoms with Gasteiger partial charge in [-0.15, -0.1) is 0 Å². The molecule has 1 atom stereocenters. The first-order valence-electron chi connectivity index (χ1n) is 9.95. The maximum absolute atomic E-state index is 13.2. The highest BCUT2D eigenvalue weighted by Gasteiger charge is 2.38. The summed E-state index contributed by atoms with van der Waals surface area (Å²) in [4.78, 5) is 29.6. The van der Waals surface area contributed by atoms with Crippen molar-refractivity contribution in [3.63, 3.8) is 0 Å². The van der Waals surface area contributed by atoms with Crippen molar-refractivity contribution in [2.75, 3.05) is 13.1 Å². The van der Waals surface area contributed by atoms with Gasteiger partial charge in [-0.1, -0.05) is 12.1 Å². The van der Waals surface area contributed by atoms with Crippen LogP contribution in [0.25, 0.3) is 0 Å². The molecular weight excluding hydrogens is 359 g/mol. The molecule has 2 amide bonds. The number of hydrogen-bond donors (Lipinski definition) is 0. The Hall–Kier alpha value is -2.63. The Kier molecular flexibility index (Phi) is 5.46. The largest absolute Gasteiger partial charge is 0.467 e. The number of rotatable bonds is 6. The van der Waals surface area contributed by atoms with Gasteiger partial charge in [0.2, 0.25) is 11.8 Å². The molecule has 2 aliphatic rings.